The van der Waals surface area contributed by atoms with Crippen molar-refractivity contribution >= 4 is 43.5 Å². The summed E-state index contributed by atoms with van der Waals surface area (Å²) >= 11 is 13.3. The number of methoxy groups -OCH3 is 2. The minimum Gasteiger partial charge on any atom is -0.496 e. The summed E-state index contributed by atoms with van der Waals surface area (Å²) in [6.07, 6.45) is 0. The fourth-order valence-corrected chi connectivity index (χ4v) is 3.51. The van der Waals surface area contributed by atoms with Gasteiger partial charge in [-0.2, -0.15) is 0 Å². The zero-order valence-corrected chi connectivity index (χ0v) is 15.2. The van der Waals surface area contributed by atoms with Gasteiger partial charge in [-0.25, -0.2) is 4.39 Å². The van der Waals surface area contributed by atoms with Crippen LogP contribution in [0.25, 0.3) is 0 Å². The molecule has 21 heavy (non-hydrogen) atoms. The molecule has 2 aromatic carbocycles. The summed E-state index contributed by atoms with van der Waals surface area (Å²) in [4.78, 5) is 0. The van der Waals surface area contributed by atoms with E-state index in [4.69, 9.17) is 21.1 Å². The second kappa shape index (κ2) is 6.99. The Balaban J connectivity index is 2.53. The Morgan fingerprint density at radius 3 is 2.19 bits per heavy atom. The molecule has 0 heterocycles. The smallest absolute Gasteiger partial charge is 0.133 e. The van der Waals surface area contributed by atoms with Gasteiger partial charge in [-0.05, 0) is 45.8 Å². The summed E-state index contributed by atoms with van der Waals surface area (Å²) in [7, 11) is 3.15. The van der Waals surface area contributed by atoms with Crippen LogP contribution in [0.5, 0.6) is 11.5 Å². The van der Waals surface area contributed by atoms with Gasteiger partial charge in [0.1, 0.15) is 17.3 Å². The molecule has 2 nitrogen and oxygen atoms in total. The molecule has 1 unspecified atom stereocenters. The lowest BCUT2D eigenvalue weighted by molar-refractivity contribution is 0.397. The molecule has 2 rings (SSSR count). The highest BCUT2D eigenvalue weighted by atomic mass is 79.9. The van der Waals surface area contributed by atoms with Gasteiger partial charge in [-0.15, -0.1) is 11.6 Å². The van der Waals surface area contributed by atoms with Crippen molar-refractivity contribution < 1.29 is 13.9 Å². The molecule has 0 aliphatic rings. The highest BCUT2D eigenvalue weighted by Crippen LogP contribution is 2.42. The lowest BCUT2D eigenvalue weighted by Gasteiger charge is -2.17. The Kier molecular flexibility index (Phi) is 5.52. The second-order valence-corrected chi connectivity index (χ2v) is 6.40. The molecule has 0 spiro atoms. The van der Waals surface area contributed by atoms with Gasteiger partial charge in [0, 0.05) is 10.0 Å². The standard InChI is InChI=1S/C15H12Br2ClFO2/c1-20-13-7-12(17)14(21-2)6-10(13)15(18)9-4-3-8(19)5-11(9)16/h3-7,15H,1-2H3. The third-order valence-corrected chi connectivity index (χ3v) is 4.79. The predicted octanol–water partition coefficient (Wildman–Crippen LogP) is 5.70. The molecule has 6 heteroatoms. The highest BCUT2D eigenvalue weighted by molar-refractivity contribution is 9.10. The lowest BCUT2D eigenvalue weighted by Crippen LogP contribution is -2.00. The molecule has 0 saturated heterocycles. The zero-order chi connectivity index (χ0) is 15.6. The average Bonchev–Trinajstić information content (AvgIpc) is 2.46. The Morgan fingerprint density at radius 2 is 1.62 bits per heavy atom. The second-order valence-electron chi connectivity index (χ2n) is 4.26. The first-order chi connectivity index (χ1) is 9.97. The Bertz CT molecular complexity index is 664. The van der Waals surface area contributed by atoms with E-state index in [2.05, 4.69) is 31.9 Å². The Labute approximate surface area is 144 Å². The number of rotatable bonds is 4. The first-order valence-corrected chi connectivity index (χ1v) is 8.00. The molecule has 0 aliphatic heterocycles. The Morgan fingerprint density at radius 1 is 0.952 bits per heavy atom. The van der Waals surface area contributed by atoms with Crippen LogP contribution in [-0.2, 0) is 0 Å². The van der Waals surface area contributed by atoms with Crippen LogP contribution in [0.15, 0.2) is 39.3 Å². The van der Waals surface area contributed by atoms with E-state index >= 15 is 0 Å². The molecule has 112 valence electrons. The molecule has 2 aromatic rings. The molecule has 0 aliphatic carbocycles. The summed E-state index contributed by atoms with van der Waals surface area (Å²) in [6, 6.07) is 7.99. The minimum atomic E-state index is -0.503. The fraction of sp³-hybridized carbons (Fsp3) is 0.200. The lowest BCUT2D eigenvalue weighted by atomic mass is 10.0. The van der Waals surface area contributed by atoms with Crippen molar-refractivity contribution in [1.29, 1.82) is 0 Å². The number of hydrogen-bond donors (Lipinski definition) is 0. The van der Waals surface area contributed by atoms with Crippen LogP contribution in [0.1, 0.15) is 16.5 Å². The quantitative estimate of drug-likeness (QED) is 0.571. The van der Waals surface area contributed by atoms with Crippen LogP contribution in [0.4, 0.5) is 4.39 Å². The number of benzene rings is 2. The van der Waals surface area contributed by atoms with E-state index in [1.165, 1.54) is 12.1 Å². The van der Waals surface area contributed by atoms with Gasteiger partial charge in [0.2, 0.25) is 0 Å². The molecular formula is C15H12Br2ClFO2. The Hall–Kier alpha value is -0.780. The maximum Gasteiger partial charge on any atom is 0.133 e. The minimum absolute atomic E-state index is 0.324. The van der Waals surface area contributed by atoms with E-state index in [1.807, 2.05) is 0 Å². The number of halogens is 4. The van der Waals surface area contributed by atoms with E-state index in [0.717, 1.165) is 15.6 Å². The van der Waals surface area contributed by atoms with Crippen molar-refractivity contribution in [1.82, 2.24) is 0 Å². The summed E-state index contributed by atoms with van der Waals surface area (Å²) in [5.41, 5.74) is 1.49. The van der Waals surface area contributed by atoms with Crippen molar-refractivity contribution in [3.63, 3.8) is 0 Å². The molecule has 0 N–H and O–H groups in total. The van der Waals surface area contributed by atoms with E-state index in [1.54, 1.807) is 32.4 Å². The van der Waals surface area contributed by atoms with E-state index in [9.17, 15) is 4.39 Å². The van der Waals surface area contributed by atoms with Crippen LogP contribution in [-0.4, -0.2) is 14.2 Å². The van der Waals surface area contributed by atoms with Gasteiger partial charge in [0.05, 0.1) is 24.1 Å². The summed E-state index contributed by atoms with van der Waals surface area (Å²) in [5.74, 6) is 0.948. The summed E-state index contributed by atoms with van der Waals surface area (Å²) in [5, 5.41) is -0.503. The zero-order valence-electron chi connectivity index (χ0n) is 11.3. The van der Waals surface area contributed by atoms with E-state index in [0.29, 0.717) is 16.0 Å². The number of hydrogen-bond acceptors (Lipinski definition) is 2. The first kappa shape index (κ1) is 16.6. The maximum atomic E-state index is 13.2. The van der Waals surface area contributed by atoms with Crippen LogP contribution in [0.2, 0.25) is 0 Å². The van der Waals surface area contributed by atoms with Crippen molar-refractivity contribution in [2.24, 2.45) is 0 Å². The van der Waals surface area contributed by atoms with Crippen molar-refractivity contribution in [2.75, 3.05) is 14.2 Å². The molecule has 1 atom stereocenters. The van der Waals surface area contributed by atoms with Gasteiger partial charge < -0.3 is 9.47 Å². The van der Waals surface area contributed by atoms with Gasteiger partial charge in [-0.1, -0.05) is 22.0 Å². The van der Waals surface area contributed by atoms with Crippen LogP contribution < -0.4 is 9.47 Å². The van der Waals surface area contributed by atoms with Crippen molar-refractivity contribution in [2.45, 2.75) is 5.38 Å². The van der Waals surface area contributed by atoms with Crippen molar-refractivity contribution in [3.8, 4) is 11.5 Å². The third kappa shape index (κ3) is 3.52. The third-order valence-electron chi connectivity index (χ3n) is 3.01. The predicted molar refractivity (Wildman–Crippen MR) is 89.0 cm³/mol. The summed E-state index contributed by atoms with van der Waals surface area (Å²) < 4.78 is 25.2. The van der Waals surface area contributed by atoms with Gasteiger partial charge in [0.15, 0.2) is 0 Å². The fourth-order valence-electron chi connectivity index (χ4n) is 1.96. The SMILES string of the molecule is COc1cc(C(Cl)c2ccc(F)cc2Br)c(OC)cc1Br. The molecule has 0 aromatic heterocycles. The molecule has 0 radical (unpaired) electrons. The normalized spacial score (nSPS) is 12.1. The van der Waals surface area contributed by atoms with Crippen molar-refractivity contribution in [3.05, 3.63) is 56.2 Å². The largest absolute Gasteiger partial charge is 0.496 e. The number of ether oxygens (including phenoxy) is 2. The van der Waals surface area contributed by atoms with Gasteiger partial charge in [-0.3, -0.25) is 0 Å². The van der Waals surface area contributed by atoms with Crippen LogP contribution in [0.3, 0.4) is 0 Å². The van der Waals surface area contributed by atoms with E-state index < -0.39 is 5.38 Å². The van der Waals surface area contributed by atoms with Gasteiger partial charge in [0.25, 0.3) is 0 Å². The highest BCUT2D eigenvalue weighted by Gasteiger charge is 2.20. The topological polar surface area (TPSA) is 18.5 Å². The average molecular weight is 439 g/mol. The molecular weight excluding hydrogens is 426 g/mol. The maximum absolute atomic E-state index is 13.2. The monoisotopic (exact) mass is 436 g/mol. The molecule has 0 saturated carbocycles. The first-order valence-electron chi connectivity index (χ1n) is 5.98. The van der Waals surface area contributed by atoms with E-state index in [-0.39, 0.29) is 5.82 Å². The summed E-state index contributed by atoms with van der Waals surface area (Å²) in [6.45, 7) is 0. The van der Waals surface area contributed by atoms with Crippen LogP contribution >= 0.6 is 43.5 Å². The molecule has 0 bridgehead atoms. The molecule has 0 amide bonds. The number of alkyl halides is 1. The van der Waals surface area contributed by atoms with Crippen LogP contribution in [0, 0.1) is 5.82 Å². The molecule has 0 fully saturated rings. The van der Waals surface area contributed by atoms with Gasteiger partial charge >= 0.3 is 0 Å².